The molecule has 6 nitrogen and oxygen atoms in total. The molecule has 0 fully saturated rings. The summed E-state index contributed by atoms with van der Waals surface area (Å²) >= 11 is 0. The predicted molar refractivity (Wildman–Crippen MR) is 74.7 cm³/mol. The van der Waals surface area contributed by atoms with Crippen molar-refractivity contribution in [3.63, 3.8) is 0 Å². The molecule has 110 valence electrons. The third-order valence-electron chi connectivity index (χ3n) is 2.57. The van der Waals surface area contributed by atoms with E-state index in [1.165, 1.54) is 6.07 Å². The molecule has 0 bridgehead atoms. The first-order valence-electron chi connectivity index (χ1n) is 6.12. The summed E-state index contributed by atoms with van der Waals surface area (Å²) < 4.78 is 26.7. The van der Waals surface area contributed by atoms with Gasteiger partial charge in [0.15, 0.2) is 0 Å². The molecule has 1 aromatic carbocycles. The van der Waals surface area contributed by atoms with Crippen molar-refractivity contribution in [1.82, 2.24) is 4.98 Å². The van der Waals surface area contributed by atoms with Crippen molar-refractivity contribution in [3.05, 3.63) is 52.1 Å². The number of rotatable bonds is 5. The van der Waals surface area contributed by atoms with Crippen LogP contribution in [0.2, 0.25) is 0 Å². The second-order valence-corrected chi connectivity index (χ2v) is 4.13. The summed E-state index contributed by atoms with van der Waals surface area (Å²) in [6, 6.07) is 5.29. The van der Waals surface area contributed by atoms with E-state index in [1.54, 1.807) is 6.92 Å². The average molecular weight is 294 g/mol. The minimum atomic E-state index is -0.685. The Balaban J connectivity index is 2.38. The van der Waals surface area contributed by atoms with Crippen LogP contribution in [0.25, 0.3) is 0 Å². The van der Waals surface area contributed by atoms with E-state index in [1.807, 2.05) is 0 Å². The van der Waals surface area contributed by atoms with Gasteiger partial charge >= 0.3 is 0 Å². The van der Waals surface area contributed by atoms with Crippen LogP contribution < -0.4 is 10.6 Å². The molecule has 8 heteroatoms. The molecule has 2 rings (SSSR count). The number of benzene rings is 1. The van der Waals surface area contributed by atoms with Crippen LogP contribution in [0.5, 0.6) is 0 Å². The monoisotopic (exact) mass is 294 g/mol. The highest BCUT2D eigenvalue weighted by atomic mass is 19.1. The molecule has 0 saturated carbocycles. The van der Waals surface area contributed by atoms with Crippen molar-refractivity contribution in [1.29, 1.82) is 0 Å². The van der Waals surface area contributed by atoms with Gasteiger partial charge < -0.3 is 10.6 Å². The van der Waals surface area contributed by atoms with E-state index in [4.69, 9.17) is 0 Å². The quantitative estimate of drug-likeness (QED) is 0.652. The Bertz CT molecular complexity index is 679. The van der Waals surface area contributed by atoms with Crippen molar-refractivity contribution in [2.45, 2.75) is 6.92 Å². The predicted octanol–water partition coefficient (Wildman–Crippen LogP) is 3.44. The Morgan fingerprint density at radius 1 is 1.24 bits per heavy atom. The van der Waals surface area contributed by atoms with E-state index in [0.717, 1.165) is 24.3 Å². The van der Waals surface area contributed by atoms with Crippen LogP contribution in [-0.2, 0) is 0 Å². The lowest BCUT2D eigenvalue weighted by Gasteiger charge is -2.09. The van der Waals surface area contributed by atoms with Crippen molar-refractivity contribution < 1.29 is 13.7 Å². The molecule has 0 aliphatic heterocycles. The number of nitrogens with zero attached hydrogens (tertiary/aromatic N) is 2. The summed E-state index contributed by atoms with van der Waals surface area (Å²) in [6.45, 7) is 2.32. The van der Waals surface area contributed by atoms with Gasteiger partial charge in [-0.2, -0.15) is 0 Å². The normalized spacial score (nSPS) is 10.2. The molecule has 0 aliphatic carbocycles. The van der Waals surface area contributed by atoms with E-state index < -0.39 is 16.6 Å². The van der Waals surface area contributed by atoms with Gasteiger partial charge in [-0.15, -0.1) is 0 Å². The molecule has 0 atom stereocenters. The van der Waals surface area contributed by atoms with Crippen LogP contribution in [0.1, 0.15) is 6.92 Å². The fourth-order valence-corrected chi connectivity index (χ4v) is 1.69. The number of hydrogen-bond acceptors (Lipinski definition) is 5. The lowest BCUT2D eigenvalue weighted by Crippen LogP contribution is -2.04. The maximum Gasteiger partial charge on any atom is 0.276 e. The van der Waals surface area contributed by atoms with Crippen LogP contribution in [-0.4, -0.2) is 16.5 Å². The van der Waals surface area contributed by atoms with Gasteiger partial charge in [-0.05, 0) is 19.1 Å². The first-order chi connectivity index (χ1) is 9.99. The second kappa shape index (κ2) is 6.12. The summed E-state index contributed by atoms with van der Waals surface area (Å²) in [5.74, 6) is -0.999. The zero-order valence-electron chi connectivity index (χ0n) is 11.1. The minimum absolute atomic E-state index is 0.0460. The van der Waals surface area contributed by atoms with E-state index in [-0.39, 0.29) is 23.0 Å². The molecule has 1 heterocycles. The number of nitro groups is 1. The number of hydrogen-bond donors (Lipinski definition) is 2. The molecule has 0 spiro atoms. The first-order valence-corrected chi connectivity index (χ1v) is 6.12. The molecule has 21 heavy (non-hydrogen) atoms. The van der Waals surface area contributed by atoms with E-state index in [9.17, 15) is 18.9 Å². The summed E-state index contributed by atoms with van der Waals surface area (Å²) in [4.78, 5) is 14.3. The van der Waals surface area contributed by atoms with E-state index in [0.29, 0.717) is 6.54 Å². The molecule has 2 aromatic rings. The van der Waals surface area contributed by atoms with Gasteiger partial charge in [0.1, 0.15) is 23.3 Å². The number of aromatic nitrogens is 1. The minimum Gasteiger partial charge on any atom is -0.370 e. The Hall–Kier alpha value is -2.77. The van der Waals surface area contributed by atoms with Crippen molar-refractivity contribution in [2.75, 3.05) is 17.2 Å². The summed E-state index contributed by atoms with van der Waals surface area (Å²) in [6.07, 6.45) is 0. The number of nitrogens with one attached hydrogen (secondary N) is 2. The van der Waals surface area contributed by atoms with Crippen molar-refractivity contribution >= 4 is 23.0 Å². The smallest absolute Gasteiger partial charge is 0.276 e. The highest BCUT2D eigenvalue weighted by Gasteiger charge is 2.12. The topological polar surface area (TPSA) is 80.1 Å². The van der Waals surface area contributed by atoms with Gasteiger partial charge in [0.25, 0.3) is 5.69 Å². The molecule has 1 aromatic heterocycles. The van der Waals surface area contributed by atoms with Crippen LogP contribution >= 0.6 is 0 Å². The zero-order valence-corrected chi connectivity index (χ0v) is 11.1. The zero-order chi connectivity index (χ0) is 15.4. The third kappa shape index (κ3) is 3.62. The van der Waals surface area contributed by atoms with Gasteiger partial charge in [-0.1, -0.05) is 0 Å². The van der Waals surface area contributed by atoms with E-state index >= 15 is 0 Å². The third-order valence-corrected chi connectivity index (χ3v) is 2.57. The fraction of sp³-hybridized carbons (Fsp3) is 0.154. The van der Waals surface area contributed by atoms with Gasteiger partial charge in [-0.25, -0.2) is 13.8 Å². The molecule has 0 amide bonds. The first kappa shape index (κ1) is 14.6. The van der Waals surface area contributed by atoms with Crippen molar-refractivity contribution in [2.24, 2.45) is 0 Å². The summed E-state index contributed by atoms with van der Waals surface area (Å²) in [7, 11) is 0. The second-order valence-electron chi connectivity index (χ2n) is 4.13. The lowest BCUT2D eigenvalue weighted by atomic mass is 10.3. The Labute approximate surface area is 119 Å². The Kier molecular flexibility index (Phi) is 4.27. The summed E-state index contributed by atoms with van der Waals surface area (Å²) in [5, 5.41) is 16.2. The Morgan fingerprint density at radius 3 is 2.62 bits per heavy atom. The SMILES string of the molecule is CCNc1cc([N+](=O)[O-])cc(Nc2cc(F)ccc2F)n1. The molecule has 2 N–H and O–H groups in total. The molecular weight excluding hydrogens is 282 g/mol. The highest BCUT2D eigenvalue weighted by Crippen LogP contribution is 2.25. The van der Waals surface area contributed by atoms with Crippen molar-refractivity contribution in [3.8, 4) is 0 Å². The standard InChI is InChI=1S/C13H12F2N4O2/c1-2-16-12-6-9(19(20)21)7-13(18-12)17-11-5-8(14)3-4-10(11)15/h3-7H,2H2,1H3,(H2,16,17,18). The molecular formula is C13H12F2N4O2. The molecule has 0 saturated heterocycles. The van der Waals surface area contributed by atoms with Crippen LogP contribution in [0.4, 0.5) is 31.8 Å². The van der Waals surface area contributed by atoms with Gasteiger partial charge in [0.05, 0.1) is 22.7 Å². The van der Waals surface area contributed by atoms with Gasteiger partial charge in [0, 0.05) is 12.6 Å². The molecule has 0 unspecified atom stereocenters. The molecule has 0 aliphatic rings. The van der Waals surface area contributed by atoms with Crippen LogP contribution in [0, 0.1) is 21.7 Å². The van der Waals surface area contributed by atoms with Crippen LogP contribution in [0.3, 0.4) is 0 Å². The average Bonchev–Trinajstić information content (AvgIpc) is 2.43. The van der Waals surface area contributed by atoms with Gasteiger partial charge in [-0.3, -0.25) is 10.1 Å². The largest absolute Gasteiger partial charge is 0.370 e. The maximum atomic E-state index is 13.6. The lowest BCUT2D eigenvalue weighted by molar-refractivity contribution is -0.384. The Morgan fingerprint density at radius 2 is 1.95 bits per heavy atom. The highest BCUT2D eigenvalue weighted by molar-refractivity contribution is 5.62. The summed E-state index contributed by atoms with van der Waals surface area (Å²) in [5.41, 5.74) is -0.356. The number of halogens is 2. The molecule has 0 radical (unpaired) electrons. The fourth-order valence-electron chi connectivity index (χ4n) is 1.69. The van der Waals surface area contributed by atoms with Crippen LogP contribution in [0.15, 0.2) is 30.3 Å². The maximum absolute atomic E-state index is 13.6. The van der Waals surface area contributed by atoms with E-state index in [2.05, 4.69) is 15.6 Å². The van der Waals surface area contributed by atoms with Gasteiger partial charge in [0.2, 0.25) is 0 Å². The number of pyridine rings is 1. The number of anilines is 3.